The van der Waals surface area contributed by atoms with E-state index in [1.807, 2.05) is 42.5 Å². The minimum Gasteiger partial charge on any atom is -0.454 e. The van der Waals surface area contributed by atoms with Crippen molar-refractivity contribution in [2.45, 2.75) is 81.0 Å². The predicted molar refractivity (Wildman–Crippen MR) is 210 cm³/mol. The molecule has 2 aliphatic carbocycles. The van der Waals surface area contributed by atoms with Crippen LogP contribution in [-0.4, -0.2) is 73.5 Å². The lowest BCUT2D eigenvalue weighted by atomic mass is 9.95. The molecule has 0 saturated heterocycles. The molecule has 4 N–H and O–H groups in total. The first-order valence-electron chi connectivity index (χ1n) is 19.0. The van der Waals surface area contributed by atoms with Crippen molar-refractivity contribution in [3.63, 3.8) is 0 Å². The summed E-state index contributed by atoms with van der Waals surface area (Å²) in [4.78, 5) is 54.3. The van der Waals surface area contributed by atoms with Crippen LogP contribution in [0, 0.1) is 5.92 Å². The number of fused-ring (bicyclic) bond motifs is 3. The number of rotatable bonds is 20. The highest BCUT2D eigenvalue weighted by Gasteiger charge is 2.37. The summed E-state index contributed by atoms with van der Waals surface area (Å²) < 4.78 is 17.4. The van der Waals surface area contributed by atoms with E-state index in [1.165, 1.54) is 7.11 Å². The van der Waals surface area contributed by atoms with E-state index in [1.54, 1.807) is 36.4 Å². The number of benzene rings is 3. The minimum absolute atomic E-state index is 0.0314. The van der Waals surface area contributed by atoms with Crippen LogP contribution >= 0.6 is 0 Å². The third-order valence-electron chi connectivity index (χ3n) is 10.5. The number of amides is 3. The lowest BCUT2D eigenvalue weighted by molar-refractivity contribution is -0.155. The third-order valence-corrected chi connectivity index (χ3v) is 10.5. The largest absolute Gasteiger partial charge is 0.454 e. The fraction of sp³-hybridized carbons (Fsp3) is 0.409. The number of methoxy groups -OCH3 is 1. The van der Waals surface area contributed by atoms with E-state index in [4.69, 9.17) is 14.2 Å². The number of hydrogen-bond donors (Lipinski definition) is 4. The van der Waals surface area contributed by atoms with Crippen LogP contribution in [0.5, 0.6) is 0 Å². The summed E-state index contributed by atoms with van der Waals surface area (Å²) in [5, 5.41) is 18.7. The van der Waals surface area contributed by atoms with E-state index in [0.717, 1.165) is 35.1 Å². The Labute approximate surface area is 323 Å². The maximum absolute atomic E-state index is 14.0. The van der Waals surface area contributed by atoms with Crippen LogP contribution in [0.4, 0.5) is 4.79 Å². The molecule has 292 valence electrons. The van der Waals surface area contributed by atoms with Gasteiger partial charge in [0.2, 0.25) is 11.8 Å². The Morgan fingerprint density at radius 1 is 0.891 bits per heavy atom. The van der Waals surface area contributed by atoms with Crippen molar-refractivity contribution in [3.8, 4) is 11.1 Å². The quantitative estimate of drug-likeness (QED) is 0.0778. The van der Waals surface area contributed by atoms with Crippen molar-refractivity contribution in [2.24, 2.45) is 5.92 Å². The van der Waals surface area contributed by atoms with Crippen molar-refractivity contribution in [1.29, 1.82) is 0 Å². The van der Waals surface area contributed by atoms with Crippen molar-refractivity contribution >= 4 is 23.9 Å². The fourth-order valence-electron chi connectivity index (χ4n) is 7.66. The lowest BCUT2D eigenvalue weighted by Gasteiger charge is -2.31. The number of hydrogen-bond acceptors (Lipinski definition) is 8. The summed E-state index contributed by atoms with van der Waals surface area (Å²) >= 11 is 0. The molecule has 1 saturated carbocycles. The molecule has 11 heteroatoms. The number of nitrogens with one attached hydrogen (secondary N) is 3. The summed E-state index contributed by atoms with van der Waals surface area (Å²) in [6.07, 6.45) is 5.30. The van der Waals surface area contributed by atoms with E-state index in [9.17, 15) is 24.3 Å². The van der Waals surface area contributed by atoms with Gasteiger partial charge in [-0.2, -0.15) is 0 Å². The van der Waals surface area contributed by atoms with E-state index >= 15 is 0 Å². The number of aliphatic hydroxyl groups is 1. The Hall–Kier alpha value is -5.26. The normalized spacial score (nSPS) is 16.3. The van der Waals surface area contributed by atoms with Crippen LogP contribution in [0.25, 0.3) is 11.1 Å². The first-order valence-corrected chi connectivity index (χ1v) is 19.0. The zero-order valence-electron chi connectivity index (χ0n) is 31.5. The number of carbonyl (C=O) groups is 4. The van der Waals surface area contributed by atoms with Gasteiger partial charge in [0, 0.05) is 19.4 Å². The lowest BCUT2D eigenvalue weighted by Crippen LogP contribution is -2.51. The first-order chi connectivity index (χ1) is 26.7. The minimum atomic E-state index is -1.09. The molecule has 0 unspecified atom stereocenters. The van der Waals surface area contributed by atoms with E-state index < -0.39 is 47.6 Å². The topological polar surface area (TPSA) is 152 Å². The van der Waals surface area contributed by atoms with Gasteiger partial charge in [-0.15, -0.1) is 13.2 Å². The number of allylic oxidation sites excluding steroid dienone is 2. The second kappa shape index (κ2) is 19.9. The van der Waals surface area contributed by atoms with Gasteiger partial charge in [0.15, 0.2) is 0 Å². The van der Waals surface area contributed by atoms with E-state index in [0.29, 0.717) is 24.8 Å². The smallest absolute Gasteiger partial charge is 0.407 e. The monoisotopic (exact) mass is 751 g/mol. The molecule has 2 aliphatic rings. The van der Waals surface area contributed by atoms with Gasteiger partial charge < -0.3 is 35.3 Å². The number of aliphatic hydroxyl groups excluding tert-OH is 1. The molecule has 3 aromatic carbocycles. The maximum Gasteiger partial charge on any atom is 0.407 e. The Morgan fingerprint density at radius 3 is 2.13 bits per heavy atom. The second-order valence-electron chi connectivity index (χ2n) is 14.3. The Morgan fingerprint density at radius 2 is 1.53 bits per heavy atom. The highest BCUT2D eigenvalue weighted by Crippen LogP contribution is 2.44. The SMILES string of the molecule is C=CCC[C@H](NC(=O)OCC1c2ccccc2-c2ccccc21)C(=O)O[C@@H](c1ccccc1)[C@H](COC)NC(=O)[C@@H](CC=C)CC(=O)NC1(CO)CCCC1. The number of alkyl carbamates (subject to hydrolysis) is 1. The molecular formula is C44H53N3O8. The summed E-state index contributed by atoms with van der Waals surface area (Å²) in [6.45, 7) is 7.44. The van der Waals surface area contributed by atoms with E-state index in [-0.39, 0.29) is 50.9 Å². The molecule has 0 heterocycles. The van der Waals surface area contributed by atoms with Gasteiger partial charge in [-0.3, -0.25) is 9.59 Å². The highest BCUT2D eigenvalue weighted by molar-refractivity contribution is 5.87. The molecule has 0 bridgehead atoms. The predicted octanol–water partition coefficient (Wildman–Crippen LogP) is 6.28. The van der Waals surface area contributed by atoms with Crippen LogP contribution in [-0.2, 0) is 28.6 Å². The van der Waals surface area contributed by atoms with Gasteiger partial charge in [0.25, 0.3) is 0 Å². The Bertz CT molecular complexity index is 1740. The molecule has 5 rings (SSSR count). The molecule has 4 atom stereocenters. The van der Waals surface area contributed by atoms with Crippen LogP contribution < -0.4 is 16.0 Å². The molecule has 3 amide bonds. The maximum atomic E-state index is 14.0. The average molecular weight is 752 g/mol. The molecule has 55 heavy (non-hydrogen) atoms. The molecule has 3 aromatic rings. The van der Waals surface area contributed by atoms with Gasteiger partial charge >= 0.3 is 12.1 Å². The fourth-order valence-corrected chi connectivity index (χ4v) is 7.66. The van der Waals surface area contributed by atoms with Crippen LogP contribution in [0.2, 0.25) is 0 Å². The second-order valence-corrected chi connectivity index (χ2v) is 14.3. The van der Waals surface area contributed by atoms with Gasteiger partial charge in [-0.1, -0.05) is 104 Å². The van der Waals surface area contributed by atoms with Crippen LogP contribution in [0.1, 0.15) is 80.1 Å². The Kier molecular flexibility index (Phi) is 14.8. The summed E-state index contributed by atoms with van der Waals surface area (Å²) in [6, 6.07) is 23.0. The summed E-state index contributed by atoms with van der Waals surface area (Å²) in [7, 11) is 1.47. The zero-order chi connectivity index (χ0) is 39.2. The van der Waals surface area contributed by atoms with Gasteiger partial charge in [-0.25, -0.2) is 9.59 Å². The molecule has 11 nitrogen and oxygen atoms in total. The van der Waals surface area contributed by atoms with Crippen molar-refractivity contribution in [2.75, 3.05) is 26.9 Å². The standard InChI is InChI=1S/C44H53N3O8/c1-4-6-23-37(46-43(52)54-27-36-34-21-12-10-19-32(34)33-20-11-13-22-35(33)36)42(51)55-40(30-17-8-7-9-18-30)38(28-53-3)45-41(50)31(16-5-2)26-39(49)47-44(29-48)24-14-15-25-44/h4-5,7-13,17-22,31,36-38,40,48H,1-2,6,14-16,23-29H2,3H3,(H,45,50)(H,46,52)(H,47,49)/t31-,37-,38-,40-/m0/s1. The first kappa shape index (κ1) is 40.9. The van der Waals surface area contributed by atoms with Gasteiger partial charge in [0.05, 0.1) is 30.7 Å². The summed E-state index contributed by atoms with van der Waals surface area (Å²) in [5.74, 6) is -2.45. The number of esters is 1. The molecular weight excluding hydrogens is 698 g/mol. The van der Waals surface area contributed by atoms with Crippen LogP contribution in [0.3, 0.4) is 0 Å². The molecule has 0 aliphatic heterocycles. The van der Waals surface area contributed by atoms with Gasteiger partial charge in [0.1, 0.15) is 18.8 Å². The van der Waals surface area contributed by atoms with Gasteiger partial charge in [-0.05, 0) is 59.9 Å². The van der Waals surface area contributed by atoms with Crippen molar-refractivity contribution < 1.29 is 38.5 Å². The van der Waals surface area contributed by atoms with Crippen molar-refractivity contribution in [1.82, 2.24) is 16.0 Å². The number of ether oxygens (including phenoxy) is 3. The molecule has 0 aromatic heterocycles. The molecule has 0 spiro atoms. The average Bonchev–Trinajstić information content (AvgIpc) is 3.80. The Balaban J connectivity index is 1.29. The van der Waals surface area contributed by atoms with Crippen LogP contribution in [0.15, 0.2) is 104 Å². The highest BCUT2D eigenvalue weighted by atomic mass is 16.6. The molecule has 1 fully saturated rings. The number of carbonyl (C=O) groups excluding carboxylic acids is 4. The van der Waals surface area contributed by atoms with Crippen molar-refractivity contribution in [3.05, 3.63) is 121 Å². The summed E-state index contributed by atoms with van der Waals surface area (Å²) in [5.41, 5.74) is 4.24. The molecule has 0 radical (unpaired) electrons. The third kappa shape index (κ3) is 10.5. The zero-order valence-corrected chi connectivity index (χ0v) is 31.5. The van der Waals surface area contributed by atoms with E-state index in [2.05, 4.69) is 41.2 Å².